The first-order valence-corrected chi connectivity index (χ1v) is 12.5. The molecule has 2 aliphatic heterocycles. The molecule has 3 heterocycles. The molecule has 0 radical (unpaired) electrons. The Morgan fingerprint density at radius 2 is 1.87 bits per heavy atom. The van der Waals surface area contributed by atoms with E-state index in [9.17, 15) is 0 Å². The van der Waals surface area contributed by atoms with Gasteiger partial charge in [-0.1, -0.05) is 12.8 Å². The first-order valence-electron chi connectivity index (χ1n) is 11.6. The molecule has 0 atom stereocenters. The molecule has 6 nitrogen and oxygen atoms in total. The molecule has 170 valence electrons. The van der Waals surface area contributed by atoms with E-state index in [0.717, 1.165) is 70.5 Å². The molecule has 1 N–H and O–H groups in total. The highest BCUT2D eigenvalue weighted by atomic mass is 127. The Kier molecular flexibility index (Phi) is 9.96. The van der Waals surface area contributed by atoms with Gasteiger partial charge in [0.05, 0.1) is 11.8 Å². The summed E-state index contributed by atoms with van der Waals surface area (Å²) in [5.41, 5.74) is 1.19. The van der Waals surface area contributed by atoms with Gasteiger partial charge in [0.25, 0.3) is 0 Å². The number of hydrogen-bond acceptors (Lipinski definition) is 5. The first kappa shape index (κ1) is 24.0. The van der Waals surface area contributed by atoms with E-state index in [1.807, 2.05) is 7.05 Å². The van der Waals surface area contributed by atoms with Crippen LogP contribution in [0.15, 0.2) is 10.4 Å². The van der Waals surface area contributed by atoms with Crippen LogP contribution in [-0.4, -0.2) is 68.3 Å². The molecule has 1 aromatic rings. The zero-order valence-electron chi connectivity index (χ0n) is 18.4. The van der Waals surface area contributed by atoms with Crippen LogP contribution in [0.25, 0.3) is 0 Å². The molecule has 2 saturated heterocycles. The van der Waals surface area contributed by atoms with Gasteiger partial charge in [-0.2, -0.15) is 0 Å². The summed E-state index contributed by atoms with van der Waals surface area (Å²) in [4.78, 5) is 14.1. The zero-order chi connectivity index (χ0) is 19.9. The lowest BCUT2D eigenvalue weighted by Crippen LogP contribution is -2.47. The lowest BCUT2D eigenvalue weighted by molar-refractivity contribution is 0.00103. The summed E-state index contributed by atoms with van der Waals surface area (Å²) < 4.78 is 6.21. The standard InChI is InChI=1S/C22H37N5OS.HI/c1-23-21(24-11-8-19-17-29-22(25-19)27-12-4-5-13-27)26-14-9-20(10-15-26)28-16-18-6-2-3-7-18;/h17-18,20H,2-16H2,1H3,(H,23,24);1H. The molecule has 0 amide bonds. The summed E-state index contributed by atoms with van der Waals surface area (Å²) >= 11 is 1.79. The van der Waals surface area contributed by atoms with Crippen LogP contribution >= 0.6 is 35.3 Å². The van der Waals surface area contributed by atoms with Crippen molar-refractivity contribution < 1.29 is 4.74 Å². The number of halogens is 1. The van der Waals surface area contributed by atoms with E-state index in [2.05, 4.69) is 25.5 Å². The lowest BCUT2D eigenvalue weighted by Gasteiger charge is -2.34. The van der Waals surface area contributed by atoms with Gasteiger partial charge in [-0.05, 0) is 44.4 Å². The van der Waals surface area contributed by atoms with Crippen molar-refractivity contribution in [3.8, 4) is 0 Å². The smallest absolute Gasteiger partial charge is 0.193 e. The minimum Gasteiger partial charge on any atom is -0.378 e. The highest BCUT2D eigenvalue weighted by Crippen LogP contribution is 2.26. The third-order valence-electron chi connectivity index (χ3n) is 6.58. The van der Waals surface area contributed by atoms with Gasteiger partial charge in [0, 0.05) is 58.2 Å². The molecular formula is C22H38IN5OS. The maximum Gasteiger partial charge on any atom is 0.193 e. The van der Waals surface area contributed by atoms with E-state index in [1.165, 1.54) is 49.4 Å². The Morgan fingerprint density at radius 3 is 2.57 bits per heavy atom. The Bertz CT molecular complexity index is 650. The quantitative estimate of drug-likeness (QED) is 0.316. The number of anilines is 1. The second-order valence-corrected chi connectivity index (χ2v) is 9.55. The van der Waals surface area contributed by atoms with Gasteiger partial charge in [0.15, 0.2) is 11.1 Å². The van der Waals surface area contributed by atoms with Crippen molar-refractivity contribution in [2.24, 2.45) is 10.9 Å². The molecule has 1 saturated carbocycles. The highest BCUT2D eigenvalue weighted by Gasteiger charge is 2.24. The Balaban J connectivity index is 0.00000256. The summed E-state index contributed by atoms with van der Waals surface area (Å²) in [6.45, 7) is 6.25. The number of aliphatic imine (C=N–C) groups is 1. The van der Waals surface area contributed by atoms with Crippen LogP contribution in [0, 0.1) is 5.92 Å². The molecule has 1 aromatic heterocycles. The maximum absolute atomic E-state index is 6.21. The summed E-state index contributed by atoms with van der Waals surface area (Å²) in [6, 6.07) is 0. The molecule has 0 aromatic carbocycles. The number of aromatic nitrogens is 1. The predicted molar refractivity (Wildman–Crippen MR) is 137 cm³/mol. The Morgan fingerprint density at radius 1 is 1.13 bits per heavy atom. The predicted octanol–water partition coefficient (Wildman–Crippen LogP) is 4.15. The first-order chi connectivity index (χ1) is 14.3. The van der Waals surface area contributed by atoms with E-state index < -0.39 is 0 Å². The molecule has 0 spiro atoms. The fourth-order valence-electron chi connectivity index (χ4n) is 4.78. The fraction of sp³-hybridized carbons (Fsp3) is 0.818. The van der Waals surface area contributed by atoms with Crippen molar-refractivity contribution in [1.29, 1.82) is 0 Å². The highest BCUT2D eigenvalue weighted by molar-refractivity contribution is 14.0. The number of piperidine rings is 1. The molecule has 4 rings (SSSR count). The van der Waals surface area contributed by atoms with Crippen molar-refractivity contribution in [2.75, 3.05) is 51.3 Å². The normalized spacial score (nSPS) is 21.3. The van der Waals surface area contributed by atoms with Crippen molar-refractivity contribution in [1.82, 2.24) is 15.2 Å². The third-order valence-corrected chi connectivity index (χ3v) is 7.53. The van der Waals surface area contributed by atoms with Gasteiger partial charge in [-0.15, -0.1) is 35.3 Å². The van der Waals surface area contributed by atoms with Crippen molar-refractivity contribution in [3.63, 3.8) is 0 Å². The van der Waals surface area contributed by atoms with Crippen LogP contribution in [0.2, 0.25) is 0 Å². The third kappa shape index (κ3) is 6.69. The van der Waals surface area contributed by atoms with E-state index >= 15 is 0 Å². The fourth-order valence-corrected chi connectivity index (χ4v) is 5.70. The van der Waals surface area contributed by atoms with Crippen molar-refractivity contribution in [2.45, 2.75) is 63.9 Å². The van der Waals surface area contributed by atoms with Gasteiger partial charge >= 0.3 is 0 Å². The van der Waals surface area contributed by atoms with Crippen LogP contribution in [0.1, 0.15) is 57.1 Å². The van der Waals surface area contributed by atoms with Gasteiger partial charge in [0.1, 0.15) is 0 Å². The number of rotatable bonds is 7. The summed E-state index contributed by atoms with van der Waals surface area (Å²) in [7, 11) is 1.89. The summed E-state index contributed by atoms with van der Waals surface area (Å²) in [6.07, 6.45) is 11.7. The Hall–Kier alpha value is -0.610. The molecule has 0 bridgehead atoms. The van der Waals surface area contributed by atoms with E-state index in [1.54, 1.807) is 11.3 Å². The zero-order valence-corrected chi connectivity index (χ0v) is 21.5. The van der Waals surface area contributed by atoms with Gasteiger partial charge in [-0.25, -0.2) is 4.98 Å². The number of thiazole rings is 1. The minimum absolute atomic E-state index is 0. The molecular weight excluding hydrogens is 509 g/mol. The second-order valence-electron chi connectivity index (χ2n) is 8.71. The van der Waals surface area contributed by atoms with Crippen LogP contribution in [-0.2, 0) is 11.2 Å². The number of nitrogens with one attached hydrogen (secondary N) is 1. The van der Waals surface area contributed by atoms with Crippen molar-refractivity contribution >= 4 is 46.4 Å². The average Bonchev–Trinajstić information content (AvgIpc) is 3.52. The van der Waals surface area contributed by atoms with Crippen LogP contribution in [0.3, 0.4) is 0 Å². The largest absolute Gasteiger partial charge is 0.378 e. The number of ether oxygens (including phenoxy) is 1. The summed E-state index contributed by atoms with van der Waals surface area (Å²) in [5, 5.41) is 6.95. The molecule has 3 aliphatic rings. The average molecular weight is 548 g/mol. The maximum atomic E-state index is 6.21. The SMILES string of the molecule is CN=C(NCCc1csc(N2CCCC2)n1)N1CCC(OCC2CCCC2)CC1.I. The molecule has 8 heteroatoms. The van der Waals surface area contributed by atoms with Crippen molar-refractivity contribution in [3.05, 3.63) is 11.1 Å². The second kappa shape index (κ2) is 12.4. The monoisotopic (exact) mass is 547 g/mol. The van der Waals surface area contributed by atoms with Crippen LogP contribution in [0.4, 0.5) is 5.13 Å². The minimum atomic E-state index is 0. The Labute approximate surface area is 202 Å². The number of hydrogen-bond donors (Lipinski definition) is 1. The molecule has 30 heavy (non-hydrogen) atoms. The number of guanidine groups is 1. The van der Waals surface area contributed by atoms with E-state index in [-0.39, 0.29) is 24.0 Å². The van der Waals surface area contributed by atoms with Gasteiger partial charge in [0.2, 0.25) is 0 Å². The molecule has 0 unspecified atom stereocenters. The van der Waals surface area contributed by atoms with Crippen LogP contribution < -0.4 is 10.2 Å². The molecule has 1 aliphatic carbocycles. The number of likely N-dealkylation sites (tertiary alicyclic amines) is 1. The van der Waals surface area contributed by atoms with Gasteiger partial charge < -0.3 is 19.9 Å². The van der Waals surface area contributed by atoms with E-state index in [0.29, 0.717) is 6.10 Å². The lowest BCUT2D eigenvalue weighted by atomic mass is 10.1. The van der Waals surface area contributed by atoms with Crippen LogP contribution in [0.5, 0.6) is 0 Å². The molecule has 3 fully saturated rings. The van der Waals surface area contributed by atoms with E-state index in [4.69, 9.17) is 9.72 Å². The topological polar surface area (TPSA) is 53.0 Å². The van der Waals surface area contributed by atoms with Gasteiger partial charge in [-0.3, -0.25) is 4.99 Å². The summed E-state index contributed by atoms with van der Waals surface area (Å²) in [5.74, 6) is 1.84. The number of nitrogens with zero attached hydrogens (tertiary/aromatic N) is 4.